The maximum atomic E-state index is 12.4. The van der Waals surface area contributed by atoms with Gasteiger partial charge in [0.2, 0.25) is 0 Å². The molecule has 1 aromatic carbocycles. The third kappa shape index (κ3) is 4.25. The van der Waals surface area contributed by atoms with Crippen LogP contribution in [0.5, 0.6) is 0 Å². The van der Waals surface area contributed by atoms with Crippen LogP contribution in [-0.4, -0.2) is 38.5 Å². The van der Waals surface area contributed by atoms with Gasteiger partial charge in [-0.05, 0) is 34.5 Å². The number of carbonyl (C=O) groups is 2. The predicted octanol–water partition coefficient (Wildman–Crippen LogP) is 2.95. The number of rotatable bonds is 6. The quantitative estimate of drug-likeness (QED) is 0.605. The number of aryl methyl sites for hydroxylation is 1. The summed E-state index contributed by atoms with van der Waals surface area (Å²) in [6, 6.07) is 7.16. The summed E-state index contributed by atoms with van der Waals surface area (Å²) in [5.74, 6) is -0.730. The molecule has 0 saturated carbocycles. The first-order chi connectivity index (χ1) is 13.0. The van der Waals surface area contributed by atoms with Crippen molar-refractivity contribution in [3.05, 3.63) is 64.1 Å². The van der Waals surface area contributed by atoms with Crippen LogP contribution in [0.15, 0.2) is 47.3 Å². The van der Waals surface area contributed by atoms with Crippen LogP contribution >= 0.6 is 15.9 Å². The molecule has 2 aromatic heterocycles. The van der Waals surface area contributed by atoms with Crippen LogP contribution in [0, 0.1) is 0 Å². The van der Waals surface area contributed by atoms with Crippen molar-refractivity contribution < 1.29 is 14.3 Å². The van der Waals surface area contributed by atoms with Gasteiger partial charge in [-0.15, -0.1) is 0 Å². The Kier molecular flexibility index (Phi) is 5.70. The number of carbonyl (C=O) groups excluding carboxylic acids is 2. The largest absolute Gasteiger partial charge is 0.465 e. The Morgan fingerprint density at radius 3 is 2.70 bits per heavy atom. The number of esters is 1. The molecule has 1 N–H and O–H groups in total. The fourth-order valence-corrected chi connectivity index (χ4v) is 3.06. The van der Waals surface area contributed by atoms with E-state index in [0.717, 1.165) is 5.56 Å². The molecule has 2 heterocycles. The van der Waals surface area contributed by atoms with E-state index >= 15 is 0 Å². The Labute approximate surface area is 164 Å². The molecule has 0 fully saturated rings. The van der Waals surface area contributed by atoms with Crippen LogP contribution in [-0.2, 0) is 17.8 Å². The molecule has 0 spiro atoms. The van der Waals surface area contributed by atoms with E-state index in [0.29, 0.717) is 34.5 Å². The van der Waals surface area contributed by atoms with Crippen molar-refractivity contribution in [2.45, 2.75) is 20.0 Å². The molecular formula is C18H18BrN5O3. The zero-order chi connectivity index (χ0) is 19.4. The van der Waals surface area contributed by atoms with E-state index < -0.39 is 5.97 Å². The number of benzene rings is 1. The minimum atomic E-state index is -0.400. The molecule has 27 heavy (non-hydrogen) atoms. The summed E-state index contributed by atoms with van der Waals surface area (Å²) in [6.45, 7) is 2.98. The van der Waals surface area contributed by atoms with E-state index in [1.54, 1.807) is 40.1 Å². The van der Waals surface area contributed by atoms with Crippen LogP contribution in [0.3, 0.4) is 0 Å². The summed E-state index contributed by atoms with van der Waals surface area (Å²) in [7, 11) is 1.35. The fraction of sp³-hybridized carbons (Fsp3) is 0.222. The van der Waals surface area contributed by atoms with Crippen molar-refractivity contribution in [2.24, 2.45) is 0 Å². The van der Waals surface area contributed by atoms with Crippen molar-refractivity contribution in [3.63, 3.8) is 0 Å². The standard InChI is InChI=1S/C18H18BrN5O3/c1-3-23-11-15(19)16(22-23)17(25)21-13-8-20-24(10-13)9-12-6-4-5-7-14(12)18(26)27-2/h4-8,10-11H,3,9H2,1-2H3,(H,21,25). The number of halogens is 1. The SMILES string of the molecule is CCn1cc(Br)c(C(=O)Nc2cnn(Cc3ccccc3C(=O)OC)c2)n1. The lowest BCUT2D eigenvalue weighted by atomic mass is 10.1. The normalized spacial score (nSPS) is 10.6. The fourth-order valence-electron chi connectivity index (χ4n) is 2.56. The summed E-state index contributed by atoms with van der Waals surface area (Å²) < 4.78 is 8.74. The summed E-state index contributed by atoms with van der Waals surface area (Å²) in [4.78, 5) is 24.3. The molecule has 0 unspecified atom stereocenters. The van der Waals surface area contributed by atoms with Gasteiger partial charge in [0.15, 0.2) is 5.69 Å². The zero-order valence-corrected chi connectivity index (χ0v) is 16.4. The minimum absolute atomic E-state index is 0.306. The maximum absolute atomic E-state index is 12.4. The van der Waals surface area contributed by atoms with Gasteiger partial charge in [-0.25, -0.2) is 4.79 Å². The highest BCUT2D eigenvalue weighted by Crippen LogP contribution is 2.18. The molecule has 8 nitrogen and oxygen atoms in total. The molecular weight excluding hydrogens is 414 g/mol. The summed E-state index contributed by atoms with van der Waals surface area (Å²) in [5.41, 5.74) is 2.10. The van der Waals surface area contributed by atoms with Crippen LogP contribution in [0.1, 0.15) is 33.3 Å². The van der Waals surface area contributed by atoms with Gasteiger partial charge < -0.3 is 10.1 Å². The third-order valence-corrected chi connectivity index (χ3v) is 4.48. The van der Waals surface area contributed by atoms with E-state index in [9.17, 15) is 9.59 Å². The Hall–Kier alpha value is -2.94. The topological polar surface area (TPSA) is 91.0 Å². The third-order valence-electron chi connectivity index (χ3n) is 3.90. The van der Waals surface area contributed by atoms with Crippen LogP contribution in [0.2, 0.25) is 0 Å². The van der Waals surface area contributed by atoms with Gasteiger partial charge in [0, 0.05) is 18.9 Å². The monoisotopic (exact) mass is 431 g/mol. The lowest BCUT2D eigenvalue weighted by molar-refractivity contribution is 0.0599. The van der Waals surface area contributed by atoms with Crippen LogP contribution < -0.4 is 5.32 Å². The van der Waals surface area contributed by atoms with E-state index in [4.69, 9.17) is 4.74 Å². The lowest BCUT2D eigenvalue weighted by Gasteiger charge is -2.07. The first kappa shape index (κ1) is 18.8. The van der Waals surface area contributed by atoms with Gasteiger partial charge in [0.1, 0.15) is 0 Å². The van der Waals surface area contributed by atoms with Crippen LogP contribution in [0.4, 0.5) is 5.69 Å². The Bertz CT molecular complexity index is 979. The molecule has 0 atom stereocenters. The molecule has 0 aliphatic carbocycles. The summed E-state index contributed by atoms with van der Waals surface area (Å²) in [5, 5.41) is 11.2. The molecule has 0 radical (unpaired) electrons. The second kappa shape index (κ2) is 8.17. The highest BCUT2D eigenvalue weighted by Gasteiger charge is 2.16. The van der Waals surface area contributed by atoms with Crippen molar-refractivity contribution in [3.8, 4) is 0 Å². The number of hydrogen-bond acceptors (Lipinski definition) is 5. The molecule has 0 saturated heterocycles. The second-order valence-corrected chi connectivity index (χ2v) is 6.57. The molecule has 0 aliphatic heterocycles. The first-order valence-electron chi connectivity index (χ1n) is 8.24. The van der Waals surface area contributed by atoms with Crippen molar-refractivity contribution in [1.29, 1.82) is 0 Å². The Morgan fingerprint density at radius 2 is 2.00 bits per heavy atom. The number of nitrogens with one attached hydrogen (secondary N) is 1. The number of methoxy groups -OCH3 is 1. The highest BCUT2D eigenvalue weighted by molar-refractivity contribution is 9.10. The molecule has 140 valence electrons. The van der Waals surface area contributed by atoms with E-state index in [2.05, 4.69) is 31.4 Å². The van der Waals surface area contributed by atoms with Crippen molar-refractivity contribution in [2.75, 3.05) is 12.4 Å². The minimum Gasteiger partial charge on any atom is -0.465 e. The van der Waals surface area contributed by atoms with Crippen LogP contribution in [0.25, 0.3) is 0 Å². The predicted molar refractivity (Wildman–Crippen MR) is 103 cm³/mol. The Morgan fingerprint density at radius 1 is 1.22 bits per heavy atom. The molecule has 0 bridgehead atoms. The zero-order valence-electron chi connectivity index (χ0n) is 14.8. The van der Waals surface area contributed by atoms with Gasteiger partial charge >= 0.3 is 5.97 Å². The highest BCUT2D eigenvalue weighted by atomic mass is 79.9. The second-order valence-electron chi connectivity index (χ2n) is 5.71. The molecule has 3 aromatic rings. The van der Waals surface area contributed by atoms with Crippen molar-refractivity contribution >= 4 is 33.5 Å². The van der Waals surface area contributed by atoms with Gasteiger partial charge in [0.05, 0.1) is 35.6 Å². The van der Waals surface area contributed by atoms with Crippen molar-refractivity contribution in [1.82, 2.24) is 19.6 Å². The molecule has 1 amide bonds. The maximum Gasteiger partial charge on any atom is 0.338 e. The first-order valence-corrected chi connectivity index (χ1v) is 9.04. The average molecular weight is 432 g/mol. The number of ether oxygens (including phenoxy) is 1. The van der Waals surface area contributed by atoms with Gasteiger partial charge in [0.25, 0.3) is 5.91 Å². The van der Waals surface area contributed by atoms with Gasteiger partial charge in [-0.3, -0.25) is 14.2 Å². The number of anilines is 1. The van der Waals surface area contributed by atoms with Gasteiger partial charge in [-0.1, -0.05) is 18.2 Å². The molecule has 0 aliphatic rings. The summed E-state index contributed by atoms with van der Waals surface area (Å²) >= 11 is 3.34. The van der Waals surface area contributed by atoms with E-state index in [1.807, 2.05) is 19.1 Å². The van der Waals surface area contributed by atoms with E-state index in [-0.39, 0.29) is 5.91 Å². The lowest BCUT2D eigenvalue weighted by Crippen LogP contribution is -2.13. The van der Waals surface area contributed by atoms with E-state index in [1.165, 1.54) is 7.11 Å². The Balaban J connectivity index is 1.73. The number of amides is 1. The molecule has 9 heteroatoms. The average Bonchev–Trinajstić information content (AvgIpc) is 3.27. The number of aromatic nitrogens is 4. The smallest absolute Gasteiger partial charge is 0.338 e. The van der Waals surface area contributed by atoms with Gasteiger partial charge in [-0.2, -0.15) is 10.2 Å². The molecule has 3 rings (SSSR count). The number of nitrogens with zero attached hydrogens (tertiary/aromatic N) is 4. The number of hydrogen-bond donors (Lipinski definition) is 1. The summed E-state index contributed by atoms with van der Waals surface area (Å²) in [6.07, 6.45) is 4.99.